The number of esters is 4. The first-order valence-corrected chi connectivity index (χ1v) is 20.4. The Morgan fingerprint density at radius 2 is 0.703 bits per heavy atom. The molecule has 3 aliphatic heterocycles. The fraction of sp³-hybridized carbons (Fsp3) is 0.115. The van der Waals surface area contributed by atoms with E-state index in [9.17, 15) is 19.2 Å². The summed E-state index contributed by atoms with van der Waals surface area (Å²) in [5, 5.41) is 9.26. The molecule has 4 aromatic carbocycles. The SMILES string of the molecule is COC(=O)c1ccc(C2=c3cc/c([nH]3)=C(\c3ccc(C(=O)OC)cc3)C3C=C/C(=C(\c4ccc(C(=O)OC)cc4)c4ccc([nH]4)/C(c4ccc(C(=O)OC)cc4)=C4/C=CC2N4)N3)cc1. The number of allylic oxidation sites excluding steroid dienone is 2. The van der Waals surface area contributed by atoms with E-state index in [0.717, 1.165) is 78.0 Å². The van der Waals surface area contributed by atoms with Crippen LogP contribution in [0, 0.1) is 0 Å². The van der Waals surface area contributed by atoms with Crippen LogP contribution in [0.25, 0.3) is 22.3 Å². The van der Waals surface area contributed by atoms with Crippen molar-refractivity contribution < 1.29 is 38.1 Å². The number of benzene rings is 4. The highest BCUT2D eigenvalue weighted by Gasteiger charge is 2.28. The second-order valence-electron chi connectivity index (χ2n) is 15.2. The Kier molecular flexibility index (Phi) is 11.0. The number of nitrogens with one attached hydrogen (secondary N) is 4. The Morgan fingerprint density at radius 1 is 0.391 bits per heavy atom. The predicted octanol–water partition coefficient (Wildman–Crippen LogP) is 6.18. The molecule has 64 heavy (non-hydrogen) atoms. The predicted molar refractivity (Wildman–Crippen MR) is 241 cm³/mol. The highest BCUT2D eigenvalue weighted by atomic mass is 16.5. The Bertz CT molecular complexity index is 2890. The molecule has 4 N–H and O–H groups in total. The summed E-state index contributed by atoms with van der Waals surface area (Å²) in [6, 6.07) is 36.7. The molecule has 0 saturated heterocycles. The van der Waals surface area contributed by atoms with Gasteiger partial charge in [0.15, 0.2) is 0 Å². The van der Waals surface area contributed by atoms with Crippen LogP contribution < -0.4 is 21.3 Å². The van der Waals surface area contributed by atoms with Crippen LogP contribution in [-0.4, -0.2) is 74.4 Å². The van der Waals surface area contributed by atoms with Crippen molar-refractivity contribution in [3.8, 4) is 0 Å². The molecule has 0 saturated carbocycles. The number of carbonyl (C=O) groups excluding carboxylic acids is 4. The maximum absolute atomic E-state index is 12.5. The van der Waals surface area contributed by atoms with Crippen LogP contribution in [-0.2, 0) is 18.9 Å². The number of rotatable bonds is 8. The first-order valence-electron chi connectivity index (χ1n) is 20.4. The first kappa shape index (κ1) is 41.0. The molecule has 6 aromatic rings. The van der Waals surface area contributed by atoms with Crippen molar-refractivity contribution in [2.75, 3.05) is 28.4 Å². The molecule has 0 aliphatic carbocycles. The molecular formula is C52H42N4O8. The molecule has 5 heterocycles. The smallest absolute Gasteiger partial charge is 0.337 e. The van der Waals surface area contributed by atoms with Gasteiger partial charge >= 0.3 is 23.9 Å². The van der Waals surface area contributed by atoms with Crippen LogP contribution in [0.15, 0.2) is 157 Å². The highest BCUT2D eigenvalue weighted by molar-refractivity contribution is 5.94. The van der Waals surface area contributed by atoms with E-state index in [0.29, 0.717) is 22.3 Å². The standard InChI is InChI=1S/C52H42N4O8/c1-61-49(57)33-13-5-29(6-14-33)45-37-21-23-39(53-37)46(30-7-15-34(16-8-30)50(58)62-2)41-25-27-43(55-41)48(32-11-19-36(20-12-32)52(60)64-4)44-28-26-42(56-44)47(40-24-22-38(45)54-40)31-9-17-35(18-10-31)51(59)63-3/h5-28,37,42,53-56H,1-4H3/b45-38-,46-39-,47-40?,48-44-. The Morgan fingerprint density at radius 3 is 1.02 bits per heavy atom. The van der Waals surface area contributed by atoms with Gasteiger partial charge in [-0.05, 0) is 107 Å². The van der Waals surface area contributed by atoms with Gasteiger partial charge in [-0.2, -0.15) is 0 Å². The van der Waals surface area contributed by atoms with E-state index >= 15 is 0 Å². The summed E-state index contributed by atoms with van der Waals surface area (Å²) in [5.41, 5.74) is 11.9. The molecule has 9 rings (SSSR count). The number of ether oxygens (including phenoxy) is 4. The topological polar surface area (TPSA) is 161 Å². The second kappa shape index (κ2) is 17.2. The van der Waals surface area contributed by atoms with Crippen molar-refractivity contribution in [3.63, 3.8) is 0 Å². The van der Waals surface area contributed by atoms with Gasteiger partial charge in [0.05, 0.1) is 62.8 Å². The average Bonchev–Trinajstić information content (AvgIpc) is 4.20. The minimum Gasteiger partial charge on any atom is -0.465 e. The summed E-state index contributed by atoms with van der Waals surface area (Å²) >= 11 is 0. The number of carbonyl (C=O) groups is 4. The van der Waals surface area contributed by atoms with Gasteiger partial charge in [0.2, 0.25) is 0 Å². The van der Waals surface area contributed by atoms with Crippen LogP contribution in [0.4, 0.5) is 0 Å². The number of hydrogen-bond donors (Lipinski definition) is 4. The molecule has 318 valence electrons. The summed E-state index contributed by atoms with van der Waals surface area (Å²) in [5.74, 6) is -1.74. The summed E-state index contributed by atoms with van der Waals surface area (Å²) in [7, 11) is 5.43. The minimum atomic E-state index is -0.436. The van der Waals surface area contributed by atoms with E-state index in [2.05, 4.69) is 44.9 Å². The lowest BCUT2D eigenvalue weighted by Gasteiger charge is -2.20. The molecule has 3 aliphatic rings. The van der Waals surface area contributed by atoms with Gasteiger partial charge in [0.1, 0.15) is 0 Å². The third-order valence-electron chi connectivity index (χ3n) is 11.6. The summed E-state index contributed by atoms with van der Waals surface area (Å²) in [6.45, 7) is 0. The van der Waals surface area contributed by atoms with Crippen LogP contribution in [0.1, 0.15) is 75.1 Å². The largest absolute Gasteiger partial charge is 0.465 e. The van der Waals surface area contributed by atoms with Crippen molar-refractivity contribution in [1.82, 2.24) is 20.6 Å². The maximum Gasteiger partial charge on any atom is 0.337 e. The Hall–Kier alpha value is -8.38. The Balaban J connectivity index is 1.31. The quantitative estimate of drug-likeness (QED) is 0.103. The fourth-order valence-corrected chi connectivity index (χ4v) is 8.46. The number of methoxy groups -OCH3 is 4. The van der Waals surface area contributed by atoms with E-state index in [4.69, 9.17) is 18.9 Å². The van der Waals surface area contributed by atoms with Crippen LogP contribution in [0.3, 0.4) is 0 Å². The molecule has 12 heteroatoms. The minimum absolute atomic E-state index is 0.347. The molecule has 0 amide bonds. The normalized spacial score (nSPS) is 19.4. The van der Waals surface area contributed by atoms with Gasteiger partial charge in [-0.25, -0.2) is 19.2 Å². The number of fused-ring (bicyclic) bond motifs is 8. The number of aromatic nitrogens is 2. The van der Waals surface area contributed by atoms with E-state index in [-0.39, 0.29) is 12.1 Å². The third-order valence-corrected chi connectivity index (χ3v) is 11.6. The van der Waals surface area contributed by atoms with E-state index < -0.39 is 23.9 Å². The molecule has 2 atom stereocenters. The van der Waals surface area contributed by atoms with Gasteiger partial charge in [-0.15, -0.1) is 0 Å². The zero-order chi connectivity index (χ0) is 44.5. The van der Waals surface area contributed by atoms with Crippen molar-refractivity contribution >= 4 is 46.2 Å². The molecule has 2 aromatic heterocycles. The lowest BCUT2D eigenvalue weighted by atomic mass is 9.97. The lowest BCUT2D eigenvalue weighted by Crippen LogP contribution is -2.32. The van der Waals surface area contributed by atoms with Crippen molar-refractivity contribution in [1.29, 1.82) is 0 Å². The molecule has 12 nitrogen and oxygen atoms in total. The fourth-order valence-electron chi connectivity index (χ4n) is 8.46. The van der Waals surface area contributed by atoms with Crippen LogP contribution in [0.5, 0.6) is 0 Å². The summed E-state index contributed by atoms with van der Waals surface area (Å²) in [6.07, 6.45) is 8.31. The van der Waals surface area contributed by atoms with Crippen LogP contribution in [0.2, 0.25) is 0 Å². The molecule has 0 radical (unpaired) electrons. The van der Waals surface area contributed by atoms with Crippen LogP contribution >= 0.6 is 0 Å². The van der Waals surface area contributed by atoms with E-state index in [1.165, 1.54) is 28.4 Å². The summed E-state index contributed by atoms with van der Waals surface area (Å²) < 4.78 is 20.0. The van der Waals surface area contributed by atoms with Gasteiger partial charge in [0.25, 0.3) is 0 Å². The van der Waals surface area contributed by atoms with Gasteiger partial charge in [-0.3, -0.25) is 0 Å². The zero-order valence-electron chi connectivity index (χ0n) is 35.3. The lowest BCUT2D eigenvalue weighted by molar-refractivity contribution is 0.0592. The van der Waals surface area contributed by atoms with Gasteiger partial charge < -0.3 is 39.5 Å². The molecular weight excluding hydrogens is 809 g/mol. The molecule has 8 bridgehead atoms. The van der Waals surface area contributed by atoms with E-state index in [1.807, 2.05) is 72.8 Å². The van der Waals surface area contributed by atoms with Gasteiger partial charge in [0, 0.05) is 55.8 Å². The number of hydrogen-bond acceptors (Lipinski definition) is 10. The van der Waals surface area contributed by atoms with Gasteiger partial charge in [-0.1, -0.05) is 60.7 Å². The second-order valence-corrected chi connectivity index (χ2v) is 15.2. The highest BCUT2D eigenvalue weighted by Crippen LogP contribution is 2.36. The molecule has 0 fully saturated rings. The third kappa shape index (κ3) is 7.62. The van der Waals surface area contributed by atoms with Crippen molar-refractivity contribution in [2.24, 2.45) is 0 Å². The summed E-state index contributed by atoms with van der Waals surface area (Å²) in [4.78, 5) is 57.5. The number of H-pyrrole nitrogens is 2. The van der Waals surface area contributed by atoms with Crippen molar-refractivity contribution in [3.05, 3.63) is 224 Å². The Labute approximate surface area is 367 Å². The van der Waals surface area contributed by atoms with E-state index in [1.54, 1.807) is 48.5 Å². The maximum atomic E-state index is 12.5. The monoisotopic (exact) mass is 850 g/mol. The molecule has 2 unspecified atom stereocenters. The average molecular weight is 851 g/mol. The van der Waals surface area contributed by atoms with Crippen molar-refractivity contribution in [2.45, 2.75) is 12.1 Å². The first-order chi connectivity index (χ1) is 31.2. The number of aromatic amines is 2. The molecule has 0 spiro atoms. The zero-order valence-corrected chi connectivity index (χ0v) is 35.3.